The Kier molecular flexibility index (Phi) is 4.22. The molecule has 0 atom stereocenters. The summed E-state index contributed by atoms with van der Waals surface area (Å²) in [5.74, 6) is 0.715. The van der Waals surface area contributed by atoms with Gasteiger partial charge in [0.05, 0.1) is 25.2 Å². The lowest BCUT2D eigenvalue weighted by Gasteiger charge is -2.08. The highest BCUT2D eigenvalue weighted by Gasteiger charge is 2.07. The zero-order chi connectivity index (χ0) is 15.4. The molecule has 21 heavy (non-hydrogen) atoms. The second-order valence-corrected chi connectivity index (χ2v) is 4.33. The molecule has 2 rings (SSSR count). The Balaban J connectivity index is 2.25. The van der Waals surface area contributed by atoms with Crippen LogP contribution >= 0.6 is 0 Å². The number of nitrogen functional groups attached to an aromatic ring is 1. The van der Waals surface area contributed by atoms with Gasteiger partial charge in [-0.05, 0) is 30.7 Å². The molecule has 1 heterocycles. The van der Waals surface area contributed by atoms with Crippen molar-refractivity contribution in [1.82, 2.24) is 9.66 Å². The summed E-state index contributed by atoms with van der Waals surface area (Å²) in [6.45, 7) is 3.16. The van der Waals surface area contributed by atoms with Crippen LogP contribution in [-0.4, -0.2) is 29.0 Å². The minimum atomic E-state index is -0.406. The summed E-state index contributed by atoms with van der Waals surface area (Å²) in [6, 6.07) is 5.11. The van der Waals surface area contributed by atoms with Crippen LogP contribution < -0.4 is 15.2 Å². The number of methoxy groups -OCH3 is 1. The Morgan fingerprint density at radius 1 is 1.43 bits per heavy atom. The van der Waals surface area contributed by atoms with Gasteiger partial charge in [0.2, 0.25) is 5.95 Å². The van der Waals surface area contributed by atoms with Gasteiger partial charge in [-0.25, -0.2) is 9.66 Å². The van der Waals surface area contributed by atoms with Gasteiger partial charge in [-0.15, -0.1) is 0 Å². The van der Waals surface area contributed by atoms with Crippen molar-refractivity contribution in [1.29, 1.82) is 0 Å². The monoisotopic (exact) mass is 288 g/mol. The van der Waals surface area contributed by atoms with Gasteiger partial charge in [-0.2, -0.15) is 5.10 Å². The van der Waals surface area contributed by atoms with E-state index in [0.29, 0.717) is 17.4 Å². The van der Waals surface area contributed by atoms with Gasteiger partial charge >= 0.3 is 5.97 Å². The number of nitrogens with two attached hydrogens (primary N) is 1. The summed E-state index contributed by atoms with van der Waals surface area (Å²) in [6.07, 6.45) is 3.33. The molecule has 0 saturated heterocycles. The number of aryl methyl sites for hydroxylation is 1. The molecule has 110 valence electrons. The van der Waals surface area contributed by atoms with Crippen molar-refractivity contribution in [3.63, 3.8) is 0 Å². The molecule has 7 nitrogen and oxygen atoms in total. The van der Waals surface area contributed by atoms with Crippen LogP contribution in [0, 0.1) is 6.92 Å². The lowest BCUT2D eigenvalue weighted by Crippen LogP contribution is -2.03. The number of aromatic nitrogens is 2. The van der Waals surface area contributed by atoms with Crippen molar-refractivity contribution >= 4 is 18.1 Å². The molecule has 0 aliphatic carbocycles. The average molecular weight is 288 g/mol. The molecule has 7 heteroatoms. The molecule has 0 spiro atoms. The topological polar surface area (TPSA) is 91.7 Å². The minimum absolute atomic E-state index is 0.312. The first-order valence-corrected chi connectivity index (χ1v) is 6.22. The highest BCUT2D eigenvalue weighted by Crippen LogP contribution is 2.27. The molecule has 0 amide bonds. The largest absolute Gasteiger partial charge is 0.493 e. The zero-order valence-corrected chi connectivity index (χ0v) is 12.0. The molecule has 0 aliphatic heterocycles. The summed E-state index contributed by atoms with van der Waals surface area (Å²) in [4.78, 5) is 15.0. The van der Waals surface area contributed by atoms with Crippen molar-refractivity contribution in [3.05, 3.63) is 35.7 Å². The van der Waals surface area contributed by atoms with E-state index >= 15 is 0 Å². The first-order chi connectivity index (χ1) is 9.99. The van der Waals surface area contributed by atoms with Crippen molar-refractivity contribution in [3.8, 4) is 11.5 Å². The molecule has 1 aromatic carbocycles. The Labute approximate surface area is 122 Å². The van der Waals surface area contributed by atoms with E-state index < -0.39 is 5.97 Å². The third kappa shape index (κ3) is 3.59. The van der Waals surface area contributed by atoms with E-state index in [4.69, 9.17) is 15.2 Å². The number of esters is 1. The third-order valence-corrected chi connectivity index (χ3v) is 2.61. The van der Waals surface area contributed by atoms with Crippen molar-refractivity contribution in [2.75, 3.05) is 12.8 Å². The van der Waals surface area contributed by atoms with E-state index in [1.807, 2.05) is 6.92 Å². The van der Waals surface area contributed by atoms with Gasteiger partial charge in [0.1, 0.15) is 0 Å². The first kappa shape index (κ1) is 14.6. The standard InChI is InChI=1S/C14H16N4O3/c1-9-8-18(14(15)17-9)16-7-11-4-5-12(21-10(2)19)13(6-11)20-3/h4-8H,1-3H3,(H2,15,17). The van der Waals surface area contributed by atoms with Crippen molar-refractivity contribution in [2.45, 2.75) is 13.8 Å². The number of carbonyl (C=O) groups is 1. The van der Waals surface area contributed by atoms with E-state index in [-0.39, 0.29) is 0 Å². The molecule has 0 fully saturated rings. The maximum atomic E-state index is 11.0. The Hall–Kier alpha value is -2.83. The Morgan fingerprint density at radius 3 is 2.76 bits per heavy atom. The number of carbonyl (C=O) groups excluding carboxylic acids is 1. The van der Waals surface area contributed by atoms with Crippen molar-refractivity contribution in [2.24, 2.45) is 5.10 Å². The number of imidazole rings is 1. The van der Waals surface area contributed by atoms with Gasteiger partial charge in [-0.3, -0.25) is 4.79 Å². The molecular weight excluding hydrogens is 272 g/mol. The first-order valence-electron chi connectivity index (χ1n) is 6.22. The fourth-order valence-corrected chi connectivity index (χ4v) is 1.73. The normalized spacial score (nSPS) is 10.8. The predicted molar refractivity (Wildman–Crippen MR) is 78.7 cm³/mol. The molecule has 1 aromatic heterocycles. The molecule has 0 radical (unpaired) electrons. The number of ether oxygens (including phenoxy) is 2. The Bertz CT molecular complexity index is 692. The van der Waals surface area contributed by atoms with E-state index in [1.54, 1.807) is 30.6 Å². The quantitative estimate of drug-likeness (QED) is 0.524. The lowest BCUT2D eigenvalue weighted by molar-refractivity contribution is -0.132. The van der Waals surface area contributed by atoms with Crippen LogP contribution in [0.25, 0.3) is 0 Å². The van der Waals surface area contributed by atoms with E-state index in [0.717, 1.165) is 11.3 Å². The molecule has 0 unspecified atom stereocenters. The van der Waals surface area contributed by atoms with Gasteiger partial charge in [0.15, 0.2) is 11.5 Å². The van der Waals surface area contributed by atoms with Crippen LogP contribution in [0.5, 0.6) is 11.5 Å². The molecule has 2 N–H and O–H groups in total. The van der Waals surface area contributed by atoms with Gasteiger partial charge in [0.25, 0.3) is 0 Å². The van der Waals surface area contributed by atoms with E-state index in [2.05, 4.69) is 10.1 Å². The number of anilines is 1. The van der Waals surface area contributed by atoms with Crippen LogP contribution in [0.3, 0.4) is 0 Å². The fourth-order valence-electron chi connectivity index (χ4n) is 1.73. The summed E-state index contributed by atoms with van der Waals surface area (Å²) >= 11 is 0. The third-order valence-electron chi connectivity index (χ3n) is 2.61. The smallest absolute Gasteiger partial charge is 0.308 e. The van der Waals surface area contributed by atoms with Gasteiger partial charge in [0, 0.05) is 6.92 Å². The summed E-state index contributed by atoms with van der Waals surface area (Å²) in [5.41, 5.74) is 7.25. The predicted octanol–water partition coefficient (Wildman–Crippen LogP) is 1.59. The maximum Gasteiger partial charge on any atom is 0.308 e. The molecule has 0 bridgehead atoms. The second-order valence-electron chi connectivity index (χ2n) is 4.33. The van der Waals surface area contributed by atoms with E-state index in [1.165, 1.54) is 18.7 Å². The fraction of sp³-hybridized carbons (Fsp3) is 0.214. The highest BCUT2D eigenvalue weighted by molar-refractivity contribution is 5.81. The van der Waals surface area contributed by atoms with Gasteiger partial charge in [-0.1, -0.05) is 0 Å². The number of rotatable bonds is 4. The van der Waals surface area contributed by atoms with Crippen molar-refractivity contribution < 1.29 is 14.3 Å². The molecule has 0 aliphatic rings. The minimum Gasteiger partial charge on any atom is -0.493 e. The van der Waals surface area contributed by atoms with Crippen LogP contribution in [0.15, 0.2) is 29.5 Å². The molecule has 2 aromatic rings. The number of benzene rings is 1. The molecule has 0 saturated carbocycles. The van der Waals surface area contributed by atoms with Crippen LogP contribution in [0.1, 0.15) is 18.2 Å². The summed E-state index contributed by atoms with van der Waals surface area (Å²) in [7, 11) is 1.50. The lowest BCUT2D eigenvalue weighted by atomic mass is 10.2. The summed E-state index contributed by atoms with van der Waals surface area (Å²) in [5, 5.41) is 4.20. The highest BCUT2D eigenvalue weighted by atomic mass is 16.6. The Morgan fingerprint density at radius 2 is 2.19 bits per heavy atom. The SMILES string of the molecule is COc1cc(C=Nn2cc(C)nc2N)ccc1OC(C)=O. The van der Waals surface area contributed by atoms with E-state index in [9.17, 15) is 4.79 Å². The van der Waals surface area contributed by atoms with Crippen LogP contribution in [0.2, 0.25) is 0 Å². The average Bonchev–Trinajstić information content (AvgIpc) is 2.75. The second kappa shape index (κ2) is 6.08. The van der Waals surface area contributed by atoms with Crippen LogP contribution in [-0.2, 0) is 4.79 Å². The summed E-state index contributed by atoms with van der Waals surface area (Å²) < 4.78 is 11.7. The van der Waals surface area contributed by atoms with Gasteiger partial charge < -0.3 is 15.2 Å². The number of hydrogen-bond acceptors (Lipinski definition) is 6. The maximum absolute atomic E-state index is 11.0. The van der Waals surface area contributed by atoms with Crippen LogP contribution in [0.4, 0.5) is 5.95 Å². The zero-order valence-electron chi connectivity index (χ0n) is 12.0. The number of hydrogen-bond donors (Lipinski definition) is 1. The molecular formula is C14H16N4O3. The number of nitrogens with zero attached hydrogens (tertiary/aromatic N) is 3.